The zero-order valence-electron chi connectivity index (χ0n) is 9.27. The fourth-order valence-electron chi connectivity index (χ4n) is 2.30. The highest BCUT2D eigenvalue weighted by molar-refractivity contribution is 4.98. The maximum absolute atomic E-state index is 3.78. The minimum Gasteiger partial charge on any atom is -0.311 e. The van der Waals surface area contributed by atoms with E-state index in [0.717, 1.165) is 18.0 Å². The third kappa shape index (κ3) is 1.90. The Morgan fingerprint density at radius 2 is 1.85 bits per heavy atom. The molecule has 76 valence electrons. The van der Waals surface area contributed by atoms with E-state index in [2.05, 4.69) is 26.1 Å². The molecule has 0 aliphatic heterocycles. The van der Waals surface area contributed by atoms with Crippen LogP contribution in [0.3, 0.4) is 0 Å². The molecule has 13 heavy (non-hydrogen) atoms. The summed E-state index contributed by atoms with van der Waals surface area (Å²) in [4.78, 5) is 0. The first-order valence-corrected chi connectivity index (χ1v) is 5.88. The molecule has 0 heterocycles. The van der Waals surface area contributed by atoms with Gasteiger partial charge in [-0.3, -0.25) is 0 Å². The van der Waals surface area contributed by atoms with Crippen molar-refractivity contribution in [3.63, 3.8) is 0 Å². The van der Waals surface area contributed by atoms with E-state index in [1.54, 1.807) is 0 Å². The molecule has 2 unspecified atom stereocenters. The second-order valence-corrected chi connectivity index (χ2v) is 5.52. The lowest BCUT2D eigenvalue weighted by Gasteiger charge is -2.35. The summed E-state index contributed by atoms with van der Waals surface area (Å²) in [6, 6.07) is 1.48. The highest BCUT2D eigenvalue weighted by Gasteiger charge is 2.43. The predicted octanol–water partition coefficient (Wildman–Crippen LogP) is 2.95. The summed E-state index contributed by atoms with van der Waals surface area (Å²) >= 11 is 0. The van der Waals surface area contributed by atoms with Gasteiger partial charge in [-0.1, -0.05) is 13.3 Å². The number of hydrogen-bond donors (Lipinski definition) is 1. The van der Waals surface area contributed by atoms with Gasteiger partial charge in [0, 0.05) is 12.1 Å². The van der Waals surface area contributed by atoms with Crippen molar-refractivity contribution >= 4 is 0 Å². The lowest BCUT2D eigenvalue weighted by atomic mass is 9.80. The molecule has 0 saturated heterocycles. The fourth-order valence-corrected chi connectivity index (χ4v) is 2.30. The number of hydrogen-bond acceptors (Lipinski definition) is 1. The van der Waals surface area contributed by atoms with E-state index < -0.39 is 0 Å². The van der Waals surface area contributed by atoms with Crippen LogP contribution in [-0.2, 0) is 0 Å². The van der Waals surface area contributed by atoms with E-state index in [9.17, 15) is 0 Å². The second kappa shape index (κ2) is 3.27. The van der Waals surface area contributed by atoms with Crippen LogP contribution in [0.2, 0.25) is 0 Å². The zero-order chi connectivity index (χ0) is 9.47. The van der Waals surface area contributed by atoms with E-state index in [-0.39, 0.29) is 0 Å². The van der Waals surface area contributed by atoms with E-state index in [1.165, 1.54) is 32.1 Å². The monoisotopic (exact) mass is 181 g/mol. The molecule has 2 rings (SSSR count). The molecule has 2 fully saturated rings. The van der Waals surface area contributed by atoms with Gasteiger partial charge >= 0.3 is 0 Å². The van der Waals surface area contributed by atoms with Gasteiger partial charge in [0.25, 0.3) is 0 Å². The van der Waals surface area contributed by atoms with Gasteiger partial charge in [0.2, 0.25) is 0 Å². The lowest BCUT2D eigenvalue weighted by Crippen LogP contribution is -2.45. The molecule has 2 atom stereocenters. The highest BCUT2D eigenvalue weighted by Crippen LogP contribution is 2.48. The summed E-state index contributed by atoms with van der Waals surface area (Å²) in [6.07, 6.45) is 7.23. The van der Waals surface area contributed by atoms with Crippen molar-refractivity contribution in [2.24, 2.45) is 11.3 Å². The molecule has 0 spiro atoms. The minimum atomic E-state index is 0.637. The highest BCUT2D eigenvalue weighted by atomic mass is 15.0. The Labute approximate surface area is 82.3 Å². The summed E-state index contributed by atoms with van der Waals surface area (Å²) < 4.78 is 0. The molecule has 0 amide bonds. The molecule has 1 N–H and O–H groups in total. The molecule has 1 heteroatoms. The predicted molar refractivity (Wildman–Crippen MR) is 56.7 cm³/mol. The SMILES string of the molecule is CC(NC(C)C1(C)CC1)C1CCC1. The van der Waals surface area contributed by atoms with Crippen LogP contribution in [0.4, 0.5) is 0 Å². The van der Waals surface area contributed by atoms with Crippen molar-refractivity contribution in [1.29, 1.82) is 0 Å². The molecular formula is C12H23N. The maximum Gasteiger partial charge on any atom is 0.00951 e. The third-order valence-corrected chi connectivity index (χ3v) is 4.45. The molecule has 0 radical (unpaired) electrons. The molecule has 0 aromatic heterocycles. The van der Waals surface area contributed by atoms with Crippen LogP contribution < -0.4 is 5.32 Å². The van der Waals surface area contributed by atoms with E-state index in [0.29, 0.717) is 5.41 Å². The standard InChI is InChI=1S/C12H23N/c1-9(11-5-4-6-11)13-10(2)12(3)7-8-12/h9-11,13H,4-8H2,1-3H3. The fraction of sp³-hybridized carbons (Fsp3) is 1.00. The molecule has 1 nitrogen and oxygen atoms in total. The Morgan fingerprint density at radius 1 is 1.23 bits per heavy atom. The summed E-state index contributed by atoms with van der Waals surface area (Å²) in [7, 11) is 0. The minimum absolute atomic E-state index is 0.637. The van der Waals surface area contributed by atoms with Gasteiger partial charge in [-0.15, -0.1) is 0 Å². The van der Waals surface area contributed by atoms with Crippen LogP contribution in [0.15, 0.2) is 0 Å². The Balaban J connectivity index is 1.76. The third-order valence-electron chi connectivity index (χ3n) is 4.45. The first-order chi connectivity index (χ1) is 6.12. The zero-order valence-corrected chi connectivity index (χ0v) is 9.27. The lowest BCUT2D eigenvalue weighted by molar-refractivity contribution is 0.210. The Kier molecular flexibility index (Phi) is 2.39. The quantitative estimate of drug-likeness (QED) is 0.703. The van der Waals surface area contributed by atoms with Crippen LogP contribution in [0.5, 0.6) is 0 Å². The van der Waals surface area contributed by atoms with E-state index in [1.807, 2.05) is 0 Å². The topological polar surface area (TPSA) is 12.0 Å². The first kappa shape index (κ1) is 9.51. The van der Waals surface area contributed by atoms with Gasteiger partial charge in [-0.25, -0.2) is 0 Å². The van der Waals surface area contributed by atoms with Crippen LogP contribution >= 0.6 is 0 Å². The Hall–Kier alpha value is -0.0400. The van der Waals surface area contributed by atoms with Gasteiger partial charge in [-0.05, 0) is 50.9 Å². The van der Waals surface area contributed by atoms with Crippen LogP contribution in [0.1, 0.15) is 52.9 Å². The van der Waals surface area contributed by atoms with Gasteiger partial charge in [0.15, 0.2) is 0 Å². The summed E-state index contributed by atoms with van der Waals surface area (Å²) in [5, 5.41) is 3.78. The maximum atomic E-state index is 3.78. The first-order valence-electron chi connectivity index (χ1n) is 5.88. The number of rotatable bonds is 4. The van der Waals surface area contributed by atoms with Crippen molar-refractivity contribution < 1.29 is 0 Å². The summed E-state index contributed by atoms with van der Waals surface area (Å²) in [5.41, 5.74) is 0.637. The largest absolute Gasteiger partial charge is 0.311 e. The van der Waals surface area contributed by atoms with Crippen molar-refractivity contribution in [1.82, 2.24) is 5.32 Å². The summed E-state index contributed by atoms with van der Waals surface area (Å²) in [5.74, 6) is 0.977. The Bertz CT molecular complexity index is 180. The van der Waals surface area contributed by atoms with Gasteiger partial charge in [0.05, 0.1) is 0 Å². The van der Waals surface area contributed by atoms with Crippen LogP contribution in [-0.4, -0.2) is 12.1 Å². The van der Waals surface area contributed by atoms with Crippen molar-refractivity contribution in [3.8, 4) is 0 Å². The molecule has 2 aliphatic rings. The molecule has 0 aromatic rings. The Morgan fingerprint density at radius 3 is 2.23 bits per heavy atom. The van der Waals surface area contributed by atoms with Gasteiger partial charge in [0.1, 0.15) is 0 Å². The average molecular weight is 181 g/mol. The average Bonchev–Trinajstić information content (AvgIpc) is 2.64. The molecule has 2 saturated carbocycles. The van der Waals surface area contributed by atoms with Gasteiger partial charge in [-0.2, -0.15) is 0 Å². The van der Waals surface area contributed by atoms with Gasteiger partial charge < -0.3 is 5.32 Å². The second-order valence-electron chi connectivity index (χ2n) is 5.52. The van der Waals surface area contributed by atoms with Crippen molar-refractivity contribution in [2.75, 3.05) is 0 Å². The van der Waals surface area contributed by atoms with Crippen LogP contribution in [0, 0.1) is 11.3 Å². The van der Waals surface area contributed by atoms with Crippen molar-refractivity contribution in [3.05, 3.63) is 0 Å². The number of nitrogens with one attached hydrogen (secondary N) is 1. The molecule has 0 bridgehead atoms. The van der Waals surface area contributed by atoms with Crippen LogP contribution in [0.25, 0.3) is 0 Å². The summed E-state index contributed by atoms with van der Waals surface area (Å²) in [6.45, 7) is 7.15. The van der Waals surface area contributed by atoms with E-state index in [4.69, 9.17) is 0 Å². The van der Waals surface area contributed by atoms with E-state index >= 15 is 0 Å². The smallest absolute Gasteiger partial charge is 0.00951 e. The molecular weight excluding hydrogens is 158 g/mol. The van der Waals surface area contributed by atoms with Crippen molar-refractivity contribution in [2.45, 2.75) is 65.0 Å². The molecule has 0 aromatic carbocycles. The molecule has 2 aliphatic carbocycles. The normalized spacial score (nSPS) is 30.7.